The number of aromatic carboxylic acids is 1. The number of carboxylic acids is 1. The van der Waals surface area contributed by atoms with Gasteiger partial charge in [0.15, 0.2) is 0 Å². The highest BCUT2D eigenvalue weighted by atomic mass is 19.1. The summed E-state index contributed by atoms with van der Waals surface area (Å²) < 4.78 is 13.5. The van der Waals surface area contributed by atoms with Crippen molar-refractivity contribution in [3.05, 3.63) is 23.5 Å². The smallest absolute Gasteiger partial charge is 0.337 e. The Labute approximate surface area is 99.6 Å². The first-order valence-electron chi connectivity index (χ1n) is 5.51. The molecule has 0 aromatic heterocycles. The molecule has 0 amide bonds. The van der Waals surface area contributed by atoms with Crippen LogP contribution in [0.4, 0.5) is 15.8 Å². The molecule has 5 heteroatoms. The van der Waals surface area contributed by atoms with Crippen LogP contribution in [0.3, 0.4) is 0 Å². The van der Waals surface area contributed by atoms with Gasteiger partial charge in [0.05, 0.1) is 11.3 Å². The third-order valence-electron chi connectivity index (χ3n) is 2.71. The lowest BCUT2D eigenvalue weighted by Gasteiger charge is -2.13. The van der Waals surface area contributed by atoms with Crippen LogP contribution in [-0.4, -0.2) is 17.6 Å². The van der Waals surface area contributed by atoms with Gasteiger partial charge in [-0.1, -0.05) is 20.3 Å². The second-order valence-corrected chi connectivity index (χ2v) is 4.12. The third-order valence-corrected chi connectivity index (χ3v) is 2.71. The maximum absolute atomic E-state index is 13.5. The summed E-state index contributed by atoms with van der Waals surface area (Å²) in [6.07, 6.45) is 0.968. The molecule has 0 aliphatic heterocycles. The monoisotopic (exact) mass is 240 g/mol. The van der Waals surface area contributed by atoms with Crippen LogP contribution in [0.2, 0.25) is 0 Å². The van der Waals surface area contributed by atoms with E-state index >= 15 is 0 Å². The summed E-state index contributed by atoms with van der Waals surface area (Å²) in [6, 6.07) is 2.26. The topological polar surface area (TPSA) is 75.3 Å². The number of carbonyl (C=O) groups is 1. The van der Waals surface area contributed by atoms with Crippen LogP contribution in [0.1, 0.15) is 30.6 Å². The van der Waals surface area contributed by atoms with Crippen molar-refractivity contribution in [2.45, 2.75) is 20.3 Å². The Morgan fingerprint density at radius 3 is 2.76 bits per heavy atom. The minimum absolute atomic E-state index is 0.0657. The molecular weight excluding hydrogens is 223 g/mol. The zero-order chi connectivity index (χ0) is 13.0. The maximum Gasteiger partial charge on any atom is 0.337 e. The third kappa shape index (κ3) is 3.34. The molecule has 0 radical (unpaired) electrons. The number of benzene rings is 1. The molecule has 0 aliphatic carbocycles. The van der Waals surface area contributed by atoms with Crippen LogP contribution in [0.25, 0.3) is 0 Å². The molecule has 0 spiro atoms. The molecule has 0 saturated heterocycles. The first kappa shape index (κ1) is 13.3. The first-order chi connectivity index (χ1) is 7.95. The Hall–Kier alpha value is -1.78. The average Bonchev–Trinajstić information content (AvgIpc) is 2.26. The highest BCUT2D eigenvalue weighted by Crippen LogP contribution is 2.22. The molecule has 0 fully saturated rings. The van der Waals surface area contributed by atoms with E-state index in [9.17, 15) is 9.18 Å². The minimum Gasteiger partial charge on any atom is -0.478 e. The van der Waals surface area contributed by atoms with E-state index in [2.05, 4.69) is 5.32 Å². The Morgan fingerprint density at radius 1 is 1.59 bits per heavy atom. The highest BCUT2D eigenvalue weighted by Gasteiger charge is 2.13. The molecule has 1 aromatic rings. The van der Waals surface area contributed by atoms with Gasteiger partial charge in [0.25, 0.3) is 0 Å². The quantitative estimate of drug-likeness (QED) is 0.691. The summed E-state index contributed by atoms with van der Waals surface area (Å²) in [4.78, 5) is 10.8. The van der Waals surface area contributed by atoms with E-state index in [1.165, 1.54) is 6.07 Å². The Kier molecular flexibility index (Phi) is 4.31. The fourth-order valence-corrected chi connectivity index (χ4v) is 1.34. The van der Waals surface area contributed by atoms with Gasteiger partial charge < -0.3 is 16.2 Å². The first-order valence-corrected chi connectivity index (χ1v) is 5.51. The molecule has 0 saturated carbocycles. The number of nitrogen functional groups attached to an aromatic ring is 1. The summed E-state index contributed by atoms with van der Waals surface area (Å²) in [5, 5.41) is 11.8. The molecule has 0 bridgehead atoms. The number of anilines is 2. The van der Waals surface area contributed by atoms with Crippen molar-refractivity contribution in [1.82, 2.24) is 0 Å². The molecule has 4 nitrogen and oxygen atoms in total. The number of halogens is 1. The fraction of sp³-hybridized carbons (Fsp3) is 0.417. The molecule has 4 N–H and O–H groups in total. The lowest BCUT2D eigenvalue weighted by molar-refractivity contribution is 0.0698. The molecule has 0 aliphatic rings. The molecule has 0 heterocycles. The highest BCUT2D eigenvalue weighted by molar-refractivity contribution is 5.94. The zero-order valence-electron chi connectivity index (χ0n) is 9.96. The van der Waals surface area contributed by atoms with Crippen molar-refractivity contribution in [1.29, 1.82) is 0 Å². The number of nitrogens with two attached hydrogens (primary N) is 1. The predicted molar refractivity (Wildman–Crippen MR) is 65.7 cm³/mol. The van der Waals surface area contributed by atoms with Crippen molar-refractivity contribution in [3.8, 4) is 0 Å². The largest absolute Gasteiger partial charge is 0.478 e. The lowest BCUT2D eigenvalue weighted by Crippen LogP contribution is -2.13. The van der Waals surface area contributed by atoms with Gasteiger partial charge in [0, 0.05) is 12.2 Å². The summed E-state index contributed by atoms with van der Waals surface area (Å²) in [5.74, 6) is -1.30. The van der Waals surface area contributed by atoms with Crippen LogP contribution in [0, 0.1) is 11.7 Å². The summed E-state index contributed by atoms with van der Waals surface area (Å²) in [5.41, 5.74) is 5.45. The molecule has 1 atom stereocenters. The van der Waals surface area contributed by atoms with Crippen LogP contribution in [0.15, 0.2) is 12.1 Å². The van der Waals surface area contributed by atoms with Crippen molar-refractivity contribution in [2.75, 3.05) is 17.6 Å². The standard InChI is InChI=1S/C12H17FN2O2/c1-3-7(2)6-15-11-4-8(12(16)17)10(14)5-9(11)13/h4-5,7,15H,3,6,14H2,1-2H3,(H,16,17). The molecule has 1 unspecified atom stereocenters. The van der Waals surface area contributed by atoms with E-state index in [1.54, 1.807) is 0 Å². The number of nitrogens with one attached hydrogen (secondary N) is 1. The Bertz CT molecular complexity index is 421. The minimum atomic E-state index is -1.16. The van der Waals surface area contributed by atoms with Gasteiger partial charge in [-0.05, 0) is 18.1 Å². The average molecular weight is 240 g/mol. The lowest BCUT2D eigenvalue weighted by atomic mass is 10.1. The van der Waals surface area contributed by atoms with Crippen molar-refractivity contribution >= 4 is 17.3 Å². The van der Waals surface area contributed by atoms with E-state index in [1.807, 2.05) is 13.8 Å². The van der Waals surface area contributed by atoms with Gasteiger partial charge in [-0.3, -0.25) is 0 Å². The molecular formula is C12H17FN2O2. The van der Waals surface area contributed by atoms with E-state index in [-0.39, 0.29) is 16.9 Å². The van der Waals surface area contributed by atoms with Gasteiger partial charge >= 0.3 is 5.97 Å². The molecule has 17 heavy (non-hydrogen) atoms. The van der Waals surface area contributed by atoms with Crippen LogP contribution in [0.5, 0.6) is 0 Å². The van der Waals surface area contributed by atoms with Crippen molar-refractivity contribution < 1.29 is 14.3 Å². The number of carboxylic acid groups (broad SMARTS) is 1. The summed E-state index contributed by atoms with van der Waals surface area (Å²) >= 11 is 0. The Morgan fingerprint density at radius 2 is 2.24 bits per heavy atom. The SMILES string of the molecule is CCC(C)CNc1cc(C(=O)O)c(N)cc1F. The van der Waals surface area contributed by atoms with E-state index < -0.39 is 11.8 Å². The van der Waals surface area contributed by atoms with Gasteiger partial charge in [-0.15, -0.1) is 0 Å². The van der Waals surface area contributed by atoms with E-state index in [0.717, 1.165) is 12.5 Å². The number of hydrogen-bond donors (Lipinski definition) is 3. The summed E-state index contributed by atoms with van der Waals surface area (Å²) in [6.45, 7) is 4.66. The summed E-state index contributed by atoms with van der Waals surface area (Å²) in [7, 11) is 0. The van der Waals surface area contributed by atoms with Crippen LogP contribution >= 0.6 is 0 Å². The molecule has 1 rings (SSSR count). The van der Waals surface area contributed by atoms with Gasteiger partial charge in [0.2, 0.25) is 0 Å². The van der Waals surface area contributed by atoms with Gasteiger partial charge in [0.1, 0.15) is 5.82 Å². The number of rotatable bonds is 5. The van der Waals surface area contributed by atoms with Crippen molar-refractivity contribution in [3.63, 3.8) is 0 Å². The van der Waals surface area contributed by atoms with Crippen molar-refractivity contribution in [2.24, 2.45) is 5.92 Å². The second-order valence-electron chi connectivity index (χ2n) is 4.12. The predicted octanol–water partition coefficient (Wildman–Crippen LogP) is 2.56. The zero-order valence-corrected chi connectivity index (χ0v) is 9.96. The van der Waals surface area contributed by atoms with E-state index in [4.69, 9.17) is 10.8 Å². The van der Waals surface area contributed by atoms with Crippen LogP contribution < -0.4 is 11.1 Å². The molecule has 1 aromatic carbocycles. The Balaban J connectivity index is 2.92. The van der Waals surface area contributed by atoms with Gasteiger partial charge in [-0.25, -0.2) is 9.18 Å². The van der Waals surface area contributed by atoms with Gasteiger partial charge in [-0.2, -0.15) is 0 Å². The molecule has 94 valence electrons. The van der Waals surface area contributed by atoms with Crippen LogP contribution in [-0.2, 0) is 0 Å². The van der Waals surface area contributed by atoms with E-state index in [0.29, 0.717) is 12.5 Å². The maximum atomic E-state index is 13.5. The fourth-order valence-electron chi connectivity index (χ4n) is 1.34. The second kappa shape index (κ2) is 5.52. The number of hydrogen-bond acceptors (Lipinski definition) is 3. The normalized spacial score (nSPS) is 12.2.